The summed E-state index contributed by atoms with van der Waals surface area (Å²) >= 11 is 0. The summed E-state index contributed by atoms with van der Waals surface area (Å²) in [5.74, 6) is 0.304. The molecule has 0 aromatic carbocycles. The van der Waals surface area contributed by atoms with Crippen LogP contribution in [-0.2, 0) is 4.79 Å². The minimum Gasteiger partial charge on any atom is -0.343 e. The predicted octanol–water partition coefficient (Wildman–Crippen LogP) is 0.929. The number of hydrogen-bond donors (Lipinski definition) is 1. The Bertz CT molecular complexity index is 229. The summed E-state index contributed by atoms with van der Waals surface area (Å²) in [6.07, 6.45) is 1.68. The van der Waals surface area contributed by atoms with Gasteiger partial charge in [0.2, 0.25) is 5.91 Å². The van der Waals surface area contributed by atoms with Crippen molar-refractivity contribution in [3.05, 3.63) is 0 Å². The quantitative estimate of drug-likeness (QED) is 0.751. The highest BCUT2D eigenvalue weighted by atomic mass is 16.2. The molecule has 4 nitrogen and oxygen atoms in total. The van der Waals surface area contributed by atoms with Gasteiger partial charge in [-0.05, 0) is 33.7 Å². The van der Waals surface area contributed by atoms with E-state index in [2.05, 4.69) is 17.1 Å². The summed E-state index contributed by atoms with van der Waals surface area (Å²) < 4.78 is 0. The van der Waals surface area contributed by atoms with Crippen LogP contribution in [-0.4, -0.2) is 61.0 Å². The lowest BCUT2D eigenvalue weighted by atomic mass is 10.2. The molecule has 0 aliphatic carbocycles. The van der Waals surface area contributed by atoms with Crippen LogP contribution in [0.3, 0.4) is 0 Å². The molecule has 1 saturated heterocycles. The van der Waals surface area contributed by atoms with Gasteiger partial charge < -0.3 is 15.1 Å². The topological polar surface area (TPSA) is 35.6 Å². The van der Waals surface area contributed by atoms with Gasteiger partial charge in [-0.1, -0.05) is 0 Å². The van der Waals surface area contributed by atoms with Gasteiger partial charge in [0.15, 0.2) is 0 Å². The third-order valence-corrected chi connectivity index (χ3v) is 3.43. The summed E-state index contributed by atoms with van der Waals surface area (Å²) in [4.78, 5) is 16.2. The van der Waals surface area contributed by atoms with E-state index in [1.807, 2.05) is 18.7 Å². The molecule has 1 aliphatic heterocycles. The number of nitrogens with one attached hydrogen (secondary N) is 1. The molecule has 1 rings (SSSR count). The lowest BCUT2D eigenvalue weighted by Crippen LogP contribution is -2.49. The monoisotopic (exact) mass is 241 g/mol. The van der Waals surface area contributed by atoms with Crippen LogP contribution in [0, 0.1) is 0 Å². The van der Waals surface area contributed by atoms with Gasteiger partial charge in [0, 0.05) is 45.2 Å². The Morgan fingerprint density at radius 2 is 2.12 bits per heavy atom. The van der Waals surface area contributed by atoms with E-state index in [4.69, 9.17) is 0 Å². The number of hydrogen-bond acceptors (Lipinski definition) is 3. The van der Waals surface area contributed by atoms with Gasteiger partial charge in [-0.3, -0.25) is 4.79 Å². The highest BCUT2D eigenvalue weighted by Crippen LogP contribution is 2.03. The molecule has 0 aromatic heterocycles. The molecule has 1 atom stereocenters. The second kappa shape index (κ2) is 7.67. The smallest absolute Gasteiger partial charge is 0.222 e. The first-order chi connectivity index (χ1) is 8.17. The van der Waals surface area contributed by atoms with Gasteiger partial charge in [0.25, 0.3) is 0 Å². The van der Waals surface area contributed by atoms with Crippen LogP contribution in [0.1, 0.15) is 33.6 Å². The van der Waals surface area contributed by atoms with Gasteiger partial charge in [0.1, 0.15) is 0 Å². The maximum Gasteiger partial charge on any atom is 0.222 e. The van der Waals surface area contributed by atoms with Crippen molar-refractivity contribution in [3.8, 4) is 0 Å². The number of rotatable bonds is 6. The summed E-state index contributed by atoms with van der Waals surface area (Å²) in [7, 11) is 0. The lowest BCUT2D eigenvalue weighted by Gasteiger charge is -2.31. The van der Waals surface area contributed by atoms with E-state index in [0.717, 1.165) is 45.7 Å². The maximum absolute atomic E-state index is 11.8. The van der Waals surface area contributed by atoms with Crippen molar-refractivity contribution in [3.63, 3.8) is 0 Å². The molecular formula is C13H27N3O. The van der Waals surface area contributed by atoms with Crippen molar-refractivity contribution < 1.29 is 4.79 Å². The normalized spacial score (nSPS) is 21.5. The van der Waals surface area contributed by atoms with E-state index >= 15 is 0 Å². The van der Waals surface area contributed by atoms with Crippen LogP contribution in [0.5, 0.6) is 0 Å². The molecule has 1 heterocycles. The molecule has 1 N–H and O–H groups in total. The van der Waals surface area contributed by atoms with Crippen molar-refractivity contribution >= 4 is 5.91 Å². The average molecular weight is 241 g/mol. The Hall–Kier alpha value is -0.610. The zero-order valence-electron chi connectivity index (χ0n) is 11.5. The largest absolute Gasteiger partial charge is 0.343 e. The standard InChI is InChI=1S/C13H27N3O/c1-4-16(5-2)13(17)7-6-9-15-10-8-14-12(3)11-15/h12,14H,4-11H2,1-3H3. The van der Waals surface area contributed by atoms with E-state index in [0.29, 0.717) is 18.4 Å². The Balaban J connectivity index is 2.16. The molecule has 17 heavy (non-hydrogen) atoms. The second-order valence-electron chi connectivity index (χ2n) is 4.83. The first-order valence-corrected chi connectivity index (χ1v) is 6.90. The van der Waals surface area contributed by atoms with Crippen LogP contribution >= 0.6 is 0 Å². The number of carbonyl (C=O) groups excluding carboxylic acids is 1. The van der Waals surface area contributed by atoms with Gasteiger partial charge in [-0.2, -0.15) is 0 Å². The zero-order chi connectivity index (χ0) is 12.7. The van der Waals surface area contributed by atoms with E-state index in [9.17, 15) is 4.79 Å². The number of carbonyl (C=O) groups is 1. The zero-order valence-corrected chi connectivity index (χ0v) is 11.5. The fraction of sp³-hybridized carbons (Fsp3) is 0.923. The van der Waals surface area contributed by atoms with Gasteiger partial charge in [-0.15, -0.1) is 0 Å². The van der Waals surface area contributed by atoms with Crippen LogP contribution in [0.15, 0.2) is 0 Å². The minimum absolute atomic E-state index is 0.304. The second-order valence-corrected chi connectivity index (χ2v) is 4.83. The molecule has 0 saturated carbocycles. The van der Waals surface area contributed by atoms with Gasteiger partial charge in [0.05, 0.1) is 0 Å². The Labute approximate surface area is 105 Å². The van der Waals surface area contributed by atoms with Crippen LogP contribution in [0.25, 0.3) is 0 Å². The van der Waals surface area contributed by atoms with Crippen molar-refractivity contribution in [1.82, 2.24) is 15.1 Å². The lowest BCUT2D eigenvalue weighted by molar-refractivity contribution is -0.131. The molecule has 100 valence electrons. The molecule has 1 unspecified atom stereocenters. The van der Waals surface area contributed by atoms with Gasteiger partial charge >= 0.3 is 0 Å². The van der Waals surface area contributed by atoms with Crippen molar-refractivity contribution in [2.75, 3.05) is 39.3 Å². The van der Waals surface area contributed by atoms with E-state index < -0.39 is 0 Å². The third kappa shape index (κ3) is 5.04. The van der Waals surface area contributed by atoms with Crippen molar-refractivity contribution in [1.29, 1.82) is 0 Å². The first kappa shape index (κ1) is 14.5. The molecule has 1 aliphatic rings. The Kier molecular flexibility index (Phi) is 6.52. The highest BCUT2D eigenvalue weighted by molar-refractivity contribution is 5.76. The summed E-state index contributed by atoms with van der Waals surface area (Å²) in [6, 6.07) is 0.585. The molecule has 0 spiro atoms. The molecule has 4 heteroatoms. The van der Waals surface area contributed by atoms with Crippen molar-refractivity contribution in [2.45, 2.75) is 39.7 Å². The predicted molar refractivity (Wildman–Crippen MR) is 71.1 cm³/mol. The fourth-order valence-corrected chi connectivity index (χ4v) is 2.40. The average Bonchev–Trinajstić information content (AvgIpc) is 2.30. The molecule has 0 radical (unpaired) electrons. The van der Waals surface area contributed by atoms with Crippen LogP contribution < -0.4 is 5.32 Å². The molecular weight excluding hydrogens is 214 g/mol. The van der Waals surface area contributed by atoms with E-state index in [-0.39, 0.29) is 0 Å². The summed E-state index contributed by atoms with van der Waals surface area (Å²) in [5.41, 5.74) is 0. The van der Waals surface area contributed by atoms with E-state index in [1.165, 1.54) is 0 Å². The fourth-order valence-electron chi connectivity index (χ4n) is 2.40. The Morgan fingerprint density at radius 1 is 1.41 bits per heavy atom. The van der Waals surface area contributed by atoms with Crippen molar-refractivity contribution in [2.24, 2.45) is 0 Å². The molecule has 0 aromatic rings. The van der Waals surface area contributed by atoms with Gasteiger partial charge in [-0.25, -0.2) is 0 Å². The Morgan fingerprint density at radius 3 is 2.71 bits per heavy atom. The highest BCUT2D eigenvalue weighted by Gasteiger charge is 2.15. The number of amides is 1. The first-order valence-electron chi connectivity index (χ1n) is 6.90. The summed E-state index contributed by atoms with van der Waals surface area (Å²) in [6.45, 7) is 12.3. The third-order valence-electron chi connectivity index (χ3n) is 3.43. The van der Waals surface area contributed by atoms with E-state index in [1.54, 1.807) is 0 Å². The van der Waals surface area contributed by atoms with Crippen LogP contribution in [0.2, 0.25) is 0 Å². The number of nitrogens with zero attached hydrogens (tertiary/aromatic N) is 2. The van der Waals surface area contributed by atoms with Crippen LogP contribution in [0.4, 0.5) is 0 Å². The minimum atomic E-state index is 0.304. The molecule has 0 bridgehead atoms. The SMILES string of the molecule is CCN(CC)C(=O)CCCN1CCNC(C)C1. The maximum atomic E-state index is 11.8. The summed E-state index contributed by atoms with van der Waals surface area (Å²) in [5, 5.41) is 3.43. The molecule has 1 amide bonds. The molecule has 1 fully saturated rings. The number of piperazine rings is 1.